The third kappa shape index (κ3) is 4.29. The number of amides is 2. The van der Waals surface area contributed by atoms with Crippen LogP contribution in [0.25, 0.3) is 10.2 Å². The number of rotatable bonds is 4. The Hall–Kier alpha value is -2.80. The van der Waals surface area contributed by atoms with Crippen molar-refractivity contribution in [1.82, 2.24) is 9.88 Å². The number of thiazole rings is 1. The van der Waals surface area contributed by atoms with E-state index in [0.717, 1.165) is 51.0 Å². The predicted octanol–water partition coefficient (Wildman–Crippen LogP) is 4.67. The van der Waals surface area contributed by atoms with Crippen LogP contribution in [0.15, 0.2) is 36.4 Å². The van der Waals surface area contributed by atoms with E-state index in [9.17, 15) is 4.79 Å². The van der Waals surface area contributed by atoms with Crippen molar-refractivity contribution < 1.29 is 9.53 Å². The summed E-state index contributed by atoms with van der Waals surface area (Å²) in [5.41, 5.74) is 4.06. The van der Waals surface area contributed by atoms with Gasteiger partial charge < -0.3 is 19.9 Å². The van der Waals surface area contributed by atoms with Crippen LogP contribution in [0.5, 0.6) is 5.75 Å². The van der Waals surface area contributed by atoms with E-state index >= 15 is 0 Å². The molecule has 2 heterocycles. The highest BCUT2D eigenvalue weighted by molar-refractivity contribution is 7.22. The molecule has 1 aromatic heterocycles. The second-order valence-electron chi connectivity index (χ2n) is 7.31. The molecule has 1 aliphatic heterocycles. The van der Waals surface area contributed by atoms with Crippen LogP contribution in [0.4, 0.5) is 15.6 Å². The predicted molar refractivity (Wildman–Crippen MR) is 120 cm³/mol. The number of carbonyl (C=O) groups is 1. The van der Waals surface area contributed by atoms with Gasteiger partial charge in [-0.3, -0.25) is 0 Å². The Morgan fingerprint density at radius 3 is 2.55 bits per heavy atom. The lowest BCUT2D eigenvalue weighted by Crippen LogP contribution is -2.50. The summed E-state index contributed by atoms with van der Waals surface area (Å²) in [5, 5.41) is 4.02. The van der Waals surface area contributed by atoms with Crippen LogP contribution < -0.4 is 15.0 Å². The van der Waals surface area contributed by atoms with Gasteiger partial charge in [-0.1, -0.05) is 23.5 Å². The molecule has 152 valence electrons. The first-order valence-electron chi connectivity index (χ1n) is 9.95. The van der Waals surface area contributed by atoms with Gasteiger partial charge in [0.15, 0.2) is 5.13 Å². The maximum atomic E-state index is 12.7. The van der Waals surface area contributed by atoms with Crippen LogP contribution in [-0.4, -0.2) is 48.7 Å². The lowest BCUT2D eigenvalue weighted by molar-refractivity contribution is 0.208. The fourth-order valence-corrected chi connectivity index (χ4v) is 4.70. The van der Waals surface area contributed by atoms with Gasteiger partial charge >= 0.3 is 6.03 Å². The van der Waals surface area contributed by atoms with E-state index in [1.165, 1.54) is 0 Å². The van der Waals surface area contributed by atoms with Crippen LogP contribution in [0.3, 0.4) is 0 Å². The second kappa shape index (κ2) is 8.29. The van der Waals surface area contributed by atoms with Gasteiger partial charge in [0.1, 0.15) is 11.3 Å². The zero-order chi connectivity index (χ0) is 20.4. The Bertz CT molecular complexity index is 1000. The van der Waals surface area contributed by atoms with E-state index in [1.807, 2.05) is 49.9 Å². The van der Waals surface area contributed by atoms with Crippen molar-refractivity contribution in [2.45, 2.75) is 20.8 Å². The van der Waals surface area contributed by atoms with Crippen molar-refractivity contribution in [3.8, 4) is 5.75 Å². The number of benzene rings is 2. The molecule has 3 aromatic rings. The Morgan fingerprint density at radius 2 is 1.86 bits per heavy atom. The number of ether oxygens (including phenoxy) is 1. The molecule has 0 unspecified atom stereocenters. The number of para-hydroxylation sites is 1. The zero-order valence-corrected chi connectivity index (χ0v) is 17.9. The molecule has 1 aliphatic rings. The van der Waals surface area contributed by atoms with E-state index in [4.69, 9.17) is 9.72 Å². The quantitative estimate of drug-likeness (QED) is 0.679. The van der Waals surface area contributed by atoms with Gasteiger partial charge in [0.2, 0.25) is 0 Å². The molecule has 1 fully saturated rings. The van der Waals surface area contributed by atoms with Crippen molar-refractivity contribution in [2.75, 3.05) is 43.0 Å². The molecule has 0 radical (unpaired) electrons. The molecule has 0 atom stereocenters. The molecule has 0 spiro atoms. The van der Waals surface area contributed by atoms with Crippen LogP contribution in [0, 0.1) is 13.8 Å². The standard InChI is InChI=1S/C22H26N4O2S/c1-4-28-18-6-5-7-19-20(18)24-22(29-19)26-10-8-25(9-11-26)21(27)23-17-13-15(2)12-16(3)14-17/h5-7,12-14H,4,8-11H2,1-3H3,(H,23,27). The maximum Gasteiger partial charge on any atom is 0.321 e. The Balaban J connectivity index is 1.41. The van der Waals surface area contributed by atoms with Crippen molar-refractivity contribution in [3.63, 3.8) is 0 Å². The summed E-state index contributed by atoms with van der Waals surface area (Å²) >= 11 is 1.68. The number of aromatic nitrogens is 1. The minimum atomic E-state index is -0.0439. The highest BCUT2D eigenvalue weighted by Crippen LogP contribution is 2.34. The Morgan fingerprint density at radius 1 is 1.14 bits per heavy atom. The van der Waals surface area contributed by atoms with Gasteiger partial charge in [0.05, 0.1) is 11.3 Å². The highest BCUT2D eigenvalue weighted by atomic mass is 32.1. The summed E-state index contributed by atoms with van der Waals surface area (Å²) in [6, 6.07) is 12.1. The molecule has 2 amide bonds. The summed E-state index contributed by atoms with van der Waals surface area (Å²) < 4.78 is 6.83. The molecule has 0 saturated carbocycles. The van der Waals surface area contributed by atoms with E-state index in [-0.39, 0.29) is 6.03 Å². The smallest absolute Gasteiger partial charge is 0.321 e. The van der Waals surface area contributed by atoms with Crippen LogP contribution in [0.1, 0.15) is 18.1 Å². The normalized spacial score (nSPS) is 14.3. The minimum Gasteiger partial charge on any atom is -0.492 e. The molecule has 1 saturated heterocycles. The van der Waals surface area contributed by atoms with Crippen molar-refractivity contribution >= 4 is 38.4 Å². The average Bonchev–Trinajstić information content (AvgIpc) is 3.13. The zero-order valence-electron chi connectivity index (χ0n) is 17.1. The molecule has 7 heteroatoms. The van der Waals surface area contributed by atoms with E-state index < -0.39 is 0 Å². The number of carbonyl (C=O) groups excluding carboxylic acids is 1. The summed E-state index contributed by atoms with van der Waals surface area (Å²) in [5.74, 6) is 0.832. The van der Waals surface area contributed by atoms with Crippen LogP contribution >= 0.6 is 11.3 Å². The second-order valence-corrected chi connectivity index (χ2v) is 8.32. The summed E-state index contributed by atoms with van der Waals surface area (Å²) in [7, 11) is 0. The van der Waals surface area contributed by atoms with Gasteiger partial charge in [-0.2, -0.15) is 0 Å². The fourth-order valence-electron chi connectivity index (χ4n) is 3.67. The molecule has 4 rings (SSSR count). The molecule has 0 aliphatic carbocycles. The Labute approximate surface area is 175 Å². The minimum absolute atomic E-state index is 0.0439. The molecular formula is C22H26N4O2S. The van der Waals surface area contributed by atoms with Crippen molar-refractivity contribution in [2.24, 2.45) is 0 Å². The lowest BCUT2D eigenvalue weighted by atomic mass is 10.1. The number of nitrogens with one attached hydrogen (secondary N) is 1. The Kier molecular flexibility index (Phi) is 5.58. The molecular weight excluding hydrogens is 384 g/mol. The number of nitrogens with zero attached hydrogens (tertiary/aromatic N) is 3. The van der Waals surface area contributed by atoms with Gasteiger partial charge in [-0.15, -0.1) is 0 Å². The third-order valence-corrected chi connectivity index (χ3v) is 6.06. The number of piperazine rings is 1. The lowest BCUT2D eigenvalue weighted by Gasteiger charge is -2.34. The number of fused-ring (bicyclic) bond motifs is 1. The van der Waals surface area contributed by atoms with Gasteiger partial charge in [0, 0.05) is 31.9 Å². The van der Waals surface area contributed by atoms with Gasteiger partial charge in [0.25, 0.3) is 0 Å². The topological polar surface area (TPSA) is 57.7 Å². The number of aryl methyl sites for hydroxylation is 2. The SMILES string of the molecule is CCOc1cccc2sc(N3CCN(C(=O)Nc4cc(C)cc(C)c4)CC3)nc12. The van der Waals surface area contributed by atoms with Crippen LogP contribution in [0.2, 0.25) is 0 Å². The maximum absolute atomic E-state index is 12.7. The average molecular weight is 411 g/mol. The van der Waals surface area contributed by atoms with E-state index in [0.29, 0.717) is 19.7 Å². The fraction of sp³-hybridized carbons (Fsp3) is 0.364. The third-order valence-electron chi connectivity index (χ3n) is 4.98. The van der Waals surface area contributed by atoms with Crippen molar-refractivity contribution in [1.29, 1.82) is 0 Å². The number of hydrogen-bond acceptors (Lipinski definition) is 5. The molecule has 29 heavy (non-hydrogen) atoms. The largest absolute Gasteiger partial charge is 0.492 e. The summed E-state index contributed by atoms with van der Waals surface area (Å²) in [6.45, 7) is 9.56. The monoisotopic (exact) mass is 410 g/mol. The first-order chi connectivity index (χ1) is 14.0. The van der Waals surface area contributed by atoms with Gasteiger partial charge in [-0.05, 0) is 56.2 Å². The number of hydrogen-bond donors (Lipinski definition) is 1. The molecule has 6 nitrogen and oxygen atoms in total. The molecule has 0 bridgehead atoms. The first kappa shape index (κ1) is 19.5. The first-order valence-corrected chi connectivity index (χ1v) is 10.8. The van der Waals surface area contributed by atoms with Crippen molar-refractivity contribution in [3.05, 3.63) is 47.5 Å². The number of anilines is 2. The summed E-state index contributed by atoms with van der Waals surface area (Å²) in [4.78, 5) is 21.6. The van der Waals surface area contributed by atoms with Crippen LogP contribution in [-0.2, 0) is 0 Å². The van der Waals surface area contributed by atoms with E-state index in [2.05, 4.69) is 22.3 Å². The molecule has 1 N–H and O–H groups in total. The highest BCUT2D eigenvalue weighted by Gasteiger charge is 2.23. The summed E-state index contributed by atoms with van der Waals surface area (Å²) in [6.07, 6.45) is 0. The number of urea groups is 1. The molecule has 2 aromatic carbocycles. The van der Waals surface area contributed by atoms with E-state index in [1.54, 1.807) is 11.3 Å². The van der Waals surface area contributed by atoms with Gasteiger partial charge in [-0.25, -0.2) is 9.78 Å².